The maximum absolute atomic E-state index is 9.56. The van der Waals surface area contributed by atoms with Crippen LogP contribution >= 0.6 is 0 Å². The molecule has 1 fully saturated rings. The third-order valence-corrected chi connectivity index (χ3v) is 4.54. The molecule has 2 unspecified atom stereocenters. The molecule has 2 N–H and O–H groups in total. The van der Waals surface area contributed by atoms with Crippen LogP contribution in [0.25, 0.3) is 0 Å². The van der Waals surface area contributed by atoms with E-state index in [1.54, 1.807) is 0 Å². The number of aliphatic hydroxyl groups is 1. The number of nitrogens with zero attached hydrogens (tertiary/aromatic N) is 2. The highest BCUT2D eigenvalue weighted by atomic mass is 16.5. The first-order chi connectivity index (χ1) is 10.0. The van der Waals surface area contributed by atoms with Gasteiger partial charge in [-0.2, -0.15) is 5.10 Å². The fraction of sp³-hybridized carbons (Fsp3) is 0.812. The average Bonchev–Trinajstić information content (AvgIpc) is 3.06. The summed E-state index contributed by atoms with van der Waals surface area (Å²) in [4.78, 5) is 0. The van der Waals surface area contributed by atoms with Crippen molar-refractivity contribution in [3.63, 3.8) is 0 Å². The van der Waals surface area contributed by atoms with Gasteiger partial charge < -0.3 is 15.2 Å². The van der Waals surface area contributed by atoms with Gasteiger partial charge in [0.05, 0.1) is 5.69 Å². The van der Waals surface area contributed by atoms with Crippen molar-refractivity contribution in [2.75, 3.05) is 26.4 Å². The number of aryl methyl sites for hydroxylation is 1. The first kappa shape index (κ1) is 16.5. The molecule has 5 heteroatoms. The summed E-state index contributed by atoms with van der Waals surface area (Å²) in [6.07, 6.45) is 1.07. The van der Waals surface area contributed by atoms with Crippen LogP contribution in [0.15, 0.2) is 0 Å². The smallest absolute Gasteiger partial charge is 0.0641 e. The molecule has 2 rings (SSSR count). The van der Waals surface area contributed by atoms with Gasteiger partial charge in [-0.15, -0.1) is 0 Å². The third-order valence-electron chi connectivity index (χ3n) is 4.54. The Bertz CT molecular complexity index is 451. The maximum atomic E-state index is 9.56. The van der Waals surface area contributed by atoms with Crippen LogP contribution in [0.2, 0.25) is 0 Å². The molecule has 0 bridgehead atoms. The predicted molar refractivity (Wildman–Crippen MR) is 83.3 cm³/mol. The molecule has 1 aliphatic heterocycles. The zero-order chi connectivity index (χ0) is 15.4. The minimum absolute atomic E-state index is 0.226. The number of aliphatic hydroxyl groups excluding tert-OH is 1. The normalized spacial score (nSPS) is 20.4. The number of nitrogens with one attached hydrogen (secondary N) is 1. The molecule has 5 nitrogen and oxygen atoms in total. The van der Waals surface area contributed by atoms with Crippen LogP contribution in [0.3, 0.4) is 0 Å². The first-order valence-electron chi connectivity index (χ1n) is 7.98. The number of hydrogen-bond donors (Lipinski definition) is 2. The summed E-state index contributed by atoms with van der Waals surface area (Å²) in [6.45, 7) is 12.0. The summed E-state index contributed by atoms with van der Waals surface area (Å²) >= 11 is 0. The fourth-order valence-electron chi connectivity index (χ4n) is 3.14. The van der Waals surface area contributed by atoms with Crippen molar-refractivity contribution in [2.45, 2.75) is 46.7 Å². The van der Waals surface area contributed by atoms with E-state index in [0.29, 0.717) is 12.0 Å². The highest BCUT2D eigenvalue weighted by Crippen LogP contribution is 2.22. The molecule has 2 atom stereocenters. The Morgan fingerprint density at radius 1 is 1.43 bits per heavy atom. The van der Waals surface area contributed by atoms with Gasteiger partial charge in [-0.25, -0.2) is 0 Å². The van der Waals surface area contributed by atoms with Crippen molar-refractivity contribution in [1.82, 2.24) is 15.1 Å². The summed E-state index contributed by atoms with van der Waals surface area (Å²) in [5, 5.41) is 17.7. The lowest BCUT2D eigenvalue weighted by Gasteiger charge is -2.20. The van der Waals surface area contributed by atoms with Crippen LogP contribution in [-0.4, -0.2) is 41.3 Å². The Balaban J connectivity index is 1.90. The first-order valence-corrected chi connectivity index (χ1v) is 7.98. The summed E-state index contributed by atoms with van der Waals surface area (Å²) < 4.78 is 7.50. The predicted octanol–water partition coefficient (Wildman–Crippen LogP) is 1.82. The van der Waals surface area contributed by atoms with Crippen LogP contribution in [0.4, 0.5) is 0 Å². The van der Waals surface area contributed by atoms with Crippen molar-refractivity contribution in [1.29, 1.82) is 0 Å². The van der Waals surface area contributed by atoms with Gasteiger partial charge in [-0.3, -0.25) is 4.68 Å². The summed E-state index contributed by atoms with van der Waals surface area (Å²) in [5.74, 6) is 0.774. The molecule has 1 aromatic rings. The largest absolute Gasteiger partial charge is 0.396 e. The van der Waals surface area contributed by atoms with Gasteiger partial charge in [0.15, 0.2) is 0 Å². The lowest BCUT2D eigenvalue weighted by molar-refractivity contribution is 0.138. The van der Waals surface area contributed by atoms with E-state index < -0.39 is 0 Å². The zero-order valence-electron chi connectivity index (χ0n) is 13.7. The van der Waals surface area contributed by atoms with E-state index in [9.17, 15) is 5.11 Å². The van der Waals surface area contributed by atoms with Crippen LogP contribution in [0, 0.1) is 25.7 Å². The van der Waals surface area contributed by atoms with Crippen LogP contribution in [0.1, 0.15) is 43.3 Å². The summed E-state index contributed by atoms with van der Waals surface area (Å²) in [5.41, 5.74) is 3.61. The molecule has 21 heavy (non-hydrogen) atoms. The van der Waals surface area contributed by atoms with Gasteiger partial charge >= 0.3 is 0 Å². The minimum atomic E-state index is 0.226. The highest BCUT2D eigenvalue weighted by molar-refractivity contribution is 5.24. The van der Waals surface area contributed by atoms with E-state index in [2.05, 4.69) is 42.8 Å². The molecular weight excluding hydrogens is 266 g/mol. The number of aromatic nitrogens is 2. The van der Waals surface area contributed by atoms with E-state index >= 15 is 0 Å². The van der Waals surface area contributed by atoms with Crippen molar-refractivity contribution in [3.8, 4) is 0 Å². The Morgan fingerprint density at radius 3 is 2.71 bits per heavy atom. The summed E-state index contributed by atoms with van der Waals surface area (Å²) in [6, 6.07) is 0.387. The van der Waals surface area contributed by atoms with Crippen molar-refractivity contribution < 1.29 is 9.84 Å². The summed E-state index contributed by atoms with van der Waals surface area (Å²) in [7, 11) is 0. The molecule has 0 saturated carbocycles. The van der Waals surface area contributed by atoms with Crippen LogP contribution in [-0.2, 0) is 11.3 Å². The molecule has 1 aromatic heterocycles. The second-order valence-electron chi connectivity index (χ2n) is 6.38. The van der Waals surface area contributed by atoms with Gasteiger partial charge in [-0.1, -0.05) is 0 Å². The molecule has 0 radical (unpaired) electrons. The molecule has 0 amide bonds. The van der Waals surface area contributed by atoms with E-state index in [1.807, 2.05) is 0 Å². The number of ether oxygens (including phenoxy) is 1. The fourth-order valence-corrected chi connectivity index (χ4v) is 3.14. The Kier molecular flexibility index (Phi) is 5.79. The van der Waals surface area contributed by atoms with Gasteiger partial charge in [0.25, 0.3) is 0 Å². The van der Waals surface area contributed by atoms with E-state index in [1.165, 1.54) is 11.3 Å². The monoisotopic (exact) mass is 295 g/mol. The van der Waals surface area contributed by atoms with Crippen molar-refractivity contribution in [3.05, 3.63) is 17.0 Å². The van der Waals surface area contributed by atoms with Crippen molar-refractivity contribution >= 4 is 0 Å². The molecule has 120 valence electrons. The van der Waals surface area contributed by atoms with Crippen molar-refractivity contribution in [2.24, 2.45) is 11.8 Å². The van der Waals surface area contributed by atoms with Crippen LogP contribution < -0.4 is 5.32 Å². The van der Waals surface area contributed by atoms with Crippen LogP contribution in [0.5, 0.6) is 0 Å². The lowest BCUT2D eigenvalue weighted by Crippen LogP contribution is -2.31. The second-order valence-corrected chi connectivity index (χ2v) is 6.38. The van der Waals surface area contributed by atoms with E-state index in [-0.39, 0.29) is 12.5 Å². The van der Waals surface area contributed by atoms with Gasteiger partial charge in [-0.05, 0) is 46.0 Å². The van der Waals surface area contributed by atoms with E-state index in [0.717, 1.165) is 38.4 Å². The minimum Gasteiger partial charge on any atom is -0.396 e. The third kappa shape index (κ3) is 3.84. The highest BCUT2D eigenvalue weighted by Gasteiger charge is 2.25. The standard InChI is InChI=1S/C16H29N3O2/c1-11(2)19-13(4)16(12(3)18-19)8-17-7-15(9-20)14-5-6-21-10-14/h11,14-15,17,20H,5-10H2,1-4H3. The van der Waals surface area contributed by atoms with Gasteiger partial charge in [0.2, 0.25) is 0 Å². The Labute approximate surface area is 127 Å². The SMILES string of the molecule is Cc1nn(C(C)C)c(C)c1CNCC(CO)C1CCOC1. The van der Waals surface area contributed by atoms with Gasteiger partial charge in [0, 0.05) is 50.2 Å². The Hall–Kier alpha value is -0.910. The van der Waals surface area contributed by atoms with E-state index in [4.69, 9.17) is 4.74 Å². The average molecular weight is 295 g/mol. The maximum Gasteiger partial charge on any atom is 0.0641 e. The van der Waals surface area contributed by atoms with Gasteiger partial charge in [0.1, 0.15) is 0 Å². The molecule has 1 saturated heterocycles. The quantitative estimate of drug-likeness (QED) is 0.805. The molecule has 0 aromatic carbocycles. The molecular formula is C16H29N3O2. The topological polar surface area (TPSA) is 59.3 Å². The number of rotatable bonds is 7. The lowest BCUT2D eigenvalue weighted by atomic mass is 9.92. The molecule has 1 aliphatic rings. The second kappa shape index (κ2) is 7.38. The Morgan fingerprint density at radius 2 is 2.19 bits per heavy atom. The molecule has 0 spiro atoms. The molecule has 2 heterocycles. The number of hydrogen-bond acceptors (Lipinski definition) is 4. The molecule has 0 aliphatic carbocycles. The zero-order valence-corrected chi connectivity index (χ0v) is 13.7.